The molecule has 0 saturated carbocycles. The van der Waals surface area contributed by atoms with Gasteiger partial charge >= 0.3 is 116 Å². The van der Waals surface area contributed by atoms with E-state index >= 15 is 0 Å². The molecule has 9 nitrogen and oxygen atoms in total. The van der Waals surface area contributed by atoms with Gasteiger partial charge < -0.3 is 30.3 Å². The van der Waals surface area contributed by atoms with Crippen LogP contribution in [0.3, 0.4) is 0 Å². The molecule has 0 aliphatic heterocycles. The normalized spacial score (nSPS) is 10.7. The summed E-state index contributed by atoms with van der Waals surface area (Å²) in [7, 11) is 0. The van der Waals surface area contributed by atoms with Crippen LogP contribution in [0.25, 0.3) is 10.6 Å². The van der Waals surface area contributed by atoms with E-state index in [2.05, 4.69) is 16.0 Å². The number of aldehydes is 1. The van der Waals surface area contributed by atoms with E-state index < -0.39 is 0 Å². The average Bonchev–Trinajstić information content (AvgIpc) is 2.79. The van der Waals surface area contributed by atoms with Gasteiger partial charge in [0.25, 0.3) is 0 Å². The molecule has 1 unspecified atom stereocenters. The third-order valence-corrected chi connectivity index (χ3v) is 4.83. The molecule has 3 amide bonds. The maximum absolute atomic E-state index is 11.8. The summed E-state index contributed by atoms with van der Waals surface area (Å²) in [5.74, 6) is -0.595. The van der Waals surface area contributed by atoms with E-state index in [9.17, 15) is 24.0 Å². The number of Topliss-reactive ketones (excluding diaryl/α,β-unsaturated/α-hetero) is 2. The van der Waals surface area contributed by atoms with Gasteiger partial charge in [-0.25, -0.2) is 0 Å². The van der Waals surface area contributed by atoms with Crippen molar-refractivity contribution in [2.24, 2.45) is 5.92 Å². The Balaban J connectivity index is 0. The number of benzene rings is 1. The van der Waals surface area contributed by atoms with E-state index in [0.29, 0.717) is 26.1 Å². The maximum atomic E-state index is 11.8. The van der Waals surface area contributed by atoms with Gasteiger partial charge in [-0.2, -0.15) is 0 Å². The summed E-state index contributed by atoms with van der Waals surface area (Å²) < 4.78 is 5.28. The Morgan fingerprint density at radius 3 is 2.31 bits per heavy atom. The van der Waals surface area contributed by atoms with Crippen molar-refractivity contribution < 1.29 is 145 Å². The zero-order valence-corrected chi connectivity index (χ0v) is 31.9. The van der Waals surface area contributed by atoms with Gasteiger partial charge in [-0.1, -0.05) is 56.1 Å². The van der Waals surface area contributed by atoms with Crippen LogP contribution in [-0.4, -0.2) is 56.1 Å². The van der Waals surface area contributed by atoms with Gasteiger partial charge in [0.2, 0.25) is 0 Å². The number of nitrogens with zero attached hydrogens (tertiary/aromatic N) is 2. The summed E-state index contributed by atoms with van der Waals surface area (Å²) in [6.45, 7) is 4.47. The van der Waals surface area contributed by atoms with Crippen LogP contribution in [0.1, 0.15) is 57.1 Å². The molecule has 0 bridgehead atoms. The monoisotopic (exact) mass is 643 g/mol. The number of rotatable bonds is 18. The first-order chi connectivity index (χ1) is 16.3. The van der Waals surface area contributed by atoms with Gasteiger partial charge in [-0.05, 0) is 31.9 Å². The topological polar surface area (TPSA) is 135 Å². The fourth-order valence-corrected chi connectivity index (χ4v) is 2.97. The van der Waals surface area contributed by atoms with Crippen LogP contribution < -0.4 is 122 Å². The minimum absolute atomic E-state index is 0. The van der Waals surface area contributed by atoms with E-state index in [0.717, 1.165) is 36.7 Å². The molecule has 0 aromatic heterocycles. The fraction of sp³-hybridized carbons (Fsp3) is 0.560. The summed E-state index contributed by atoms with van der Waals surface area (Å²) in [6, 6.07) is 6.80. The largest absolute Gasteiger partial charge is 1.00 e. The van der Waals surface area contributed by atoms with E-state index in [1.807, 2.05) is 6.92 Å². The molecule has 1 aromatic carbocycles. The van der Waals surface area contributed by atoms with Crippen LogP contribution in [0.15, 0.2) is 24.3 Å². The molecular formula is C25H35N3O6Rb2. The number of urea groups is 1. The van der Waals surface area contributed by atoms with Crippen molar-refractivity contribution in [3.8, 4) is 0 Å². The molecule has 0 radical (unpaired) electrons. The Bertz CT molecular complexity index is 805. The molecule has 1 atom stereocenters. The Labute approximate surface area is 312 Å². The average molecular weight is 645 g/mol. The number of unbranched alkanes of at least 4 members (excludes halogenated alkanes) is 1. The van der Waals surface area contributed by atoms with Crippen molar-refractivity contribution >= 4 is 29.8 Å². The van der Waals surface area contributed by atoms with Crippen LogP contribution >= 0.6 is 0 Å². The number of ketones is 2. The van der Waals surface area contributed by atoms with E-state index in [-0.39, 0.29) is 172 Å². The molecule has 1 N–H and O–H groups in total. The number of nitrogens with one attached hydrogen (secondary N) is 1. The van der Waals surface area contributed by atoms with Crippen LogP contribution in [0.4, 0.5) is 4.79 Å². The van der Waals surface area contributed by atoms with Gasteiger partial charge in [-0.3, -0.25) is 14.4 Å². The van der Waals surface area contributed by atoms with Gasteiger partial charge in [0.05, 0.1) is 18.9 Å². The standard InChI is InChI=1S/C25H37N3O6.2Rb/c1-19(17-29)6-3-4-11-26-25(33)27-12-5-13-34-18-24(32)28-16-22-9-7-21(8-10-22)15-23(31)14-20(2)30;;/h7-10,17,19H,3-6,11-16,18H2,1-2H3,(H3,26,27,28,32,33);;/q;2*+1/p-2. The molecule has 1 rings (SSSR count). The number of amides is 3. The summed E-state index contributed by atoms with van der Waals surface area (Å²) in [5, 5.41) is 10.5. The van der Waals surface area contributed by atoms with Crippen molar-refractivity contribution in [1.29, 1.82) is 0 Å². The van der Waals surface area contributed by atoms with Crippen molar-refractivity contribution in [2.45, 2.75) is 58.9 Å². The molecule has 0 saturated heterocycles. The third-order valence-electron chi connectivity index (χ3n) is 4.83. The quantitative estimate of drug-likeness (QED) is 0.108. The van der Waals surface area contributed by atoms with Crippen molar-refractivity contribution in [1.82, 2.24) is 5.32 Å². The van der Waals surface area contributed by atoms with E-state index in [4.69, 9.17) is 4.74 Å². The molecule has 188 valence electrons. The first-order valence-corrected chi connectivity index (χ1v) is 11.6. The SMILES string of the molecule is CC(=O)CC(=O)Cc1ccc(C[N-]C(=O)COCCC[N-]C(=O)NCCCCC(C)C=O)cc1.[Rb+].[Rb+]. The molecular weight excluding hydrogens is 609 g/mol. The first kappa shape index (κ1) is 38.7. The molecule has 0 heterocycles. The van der Waals surface area contributed by atoms with Gasteiger partial charge in [-0.15, -0.1) is 6.54 Å². The van der Waals surface area contributed by atoms with Crippen molar-refractivity contribution in [2.75, 3.05) is 26.3 Å². The Hall–Kier alpha value is 0.540. The smallest absolute Gasteiger partial charge is 0.648 e. The van der Waals surface area contributed by atoms with Crippen LogP contribution in [0.2, 0.25) is 0 Å². The van der Waals surface area contributed by atoms with Crippen LogP contribution in [-0.2, 0) is 36.9 Å². The second kappa shape index (κ2) is 24.6. The Morgan fingerprint density at radius 1 is 1.00 bits per heavy atom. The number of hydrogen-bond donors (Lipinski definition) is 1. The minimum atomic E-state index is -0.376. The van der Waals surface area contributed by atoms with E-state index in [1.54, 1.807) is 24.3 Å². The van der Waals surface area contributed by atoms with Gasteiger partial charge in [0, 0.05) is 18.9 Å². The van der Waals surface area contributed by atoms with Crippen molar-refractivity contribution in [3.63, 3.8) is 0 Å². The number of ether oxygens (including phenoxy) is 1. The molecule has 0 aliphatic carbocycles. The molecule has 1 aromatic rings. The number of hydrogen-bond acceptors (Lipinski definition) is 6. The fourth-order valence-electron chi connectivity index (χ4n) is 2.97. The first-order valence-electron chi connectivity index (χ1n) is 11.6. The summed E-state index contributed by atoms with van der Waals surface area (Å²) in [5.41, 5.74) is 1.65. The molecule has 0 spiro atoms. The predicted octanol–water partition coefficient (Wildman–Crippen LogP) is -2.32. The second-order valence-corrected chi connectivity index (χ2v) is 8.25. The second-order valence-electron chi connectivity index (χ2n) is 8.25. The number of carbonyl (C=O) groups excluding carboxylic acids is 5. The van der Waals surface area contributed by atoms with E-state index in [1.165, 1.54) is 6.92 Å². The zero-order valence-electron chi connectivity index (χ0n) is 22.1. The zero-order chi connectivity index (χ0) is 25.2. The summed E-state index contributed by atoms with van der Waals surface area (Å²) in [4.78, 5) is 56.6. The molecule has 0 fully saturated rings. The minimum Gasteiger partial charge on any atom is -0.648 e. The van der Waals surface area contributed by atoms with Crippen molar-refractivity contribution in [3.05, 3.63) is 46.0 Å². The predicted molar refractivity (Wildman–Crippen MR) is 129 cm³/mol. The Morgan fingerprint density at radius 2 is 1.67 bits per heavy atom. The third kappa shape index (κ3) is 21.5. The van der Waals surface area contributed by atoms with Crippen LogP contribution in [0.5, 0.6) is 0 Å². The molecule has 11 heteroatoms. The Kier molecular flexibility index (Phi) is 26.4. The molecule has 0 aliphatic rings. The summed E-state index contributed by atoms with van der Waals surface area (Å²) in [6.07, 6.45) is 4.09. The van der Waals surface area contributed by atoms with Gasteiger partial charge in [0.1, 0.15) is 17.9 Å². The maximum Gasteiger partial charge on any atom is 1.00 e. The molecule has 36 heavy (non-hydrogen) atoms. The van der Waals surface area contributed by atoms with Crippen LogP contribution in [0, 0.1) is 5.92 Å². The summed E-state index contributed by atoms with van der Waals surface area (Å²) >= 11 is 0. The van der Waals surface area contributed by atoms with Gasteiger partial charge in [0.15, 0.2) is 6.03 Å². The number of carbonyl (C=O) groups is 5.